The summed E-state index contributed by atoms with van der Waals surface area (Å²) < 4.78 is 1.75. The number of hydrogen-bond acceptors (Lipinski definition) is 6. The molecule has 0 radical (unpaired) electrons. The fraction of sp³-hybridized carbons (Fsp3) is 0.200. The zero-order valence-corrected chi connectivity index (χ0v) is 14.8. The lowest BCUT2D eigenvalue weighted by Crippen LogP contribution is -2.40. The summed E-state index contributed by atoms with van der Waals surface area (Å²) >= 11 is 0. The predicted octanol–water partition coefficient (Wildman–Crippen LogP) is 2.55. The van der Waals surface area contributed by atoms with E-state index in [1.54, 1.807) is 10.6 Å². The fourth-order valence-electron chi connectivity index (χ4n) is 3.26. The quantitative estimate of drug-likeness (QED) is 0.585. The highest BCUT2D eigenvalue weighted by atomic mass is 16.3. The number of imidazole rings is 1. The molecule has 1 saturated heterocycles. The molecule has 0 spiro atoms. The Kier molecular flexibility index (Phi) is 3.61. The van der Waals surface area contributed by atoms with Crippen LogP contribution in [-0.4, -0.2) is 43.0 Å². The average Bonchev–Trinajstić information content (AvgIpc) is 3.00. The van der Waals surface area contributed by atoms with Gasteiger partial charge in [-0.3, -0.25) is 0 Å². The fourth-order valence-corrected chi connectivity index (χ4v) is 3.26. The van der Waals surface area contributed by atoms with Gasteiger partial charge in [-0.1, -0.05) is 6.07 Å². The Morgan fingerprint density at radius 3 is 2.59 bits per heavy atom. The Balaban J connectivity index is 1.47. The number of phenolic OH excluding ortho intramolecular Hbond substituents is 1. The maximum atomic E-state index is 10.5. The van der Waals surface area contributed by atoms with Gasteiger partial charge >= 0.3 is 0 Å². The van der Waals surface area contributed by atoms with E-state index in [0.717, 1.165) is 41.4 Å². The lowest BCUT2D eigenvalue weighted by Gasteiger charge is -2.25. The van der Waals surface area contributed by atoms with Gasteiger partial charge in [-0.15, -0.1) is 0 Å². The Morgan fingerprint density at radius 1 is 1.04 bits per heavy atom. The first-order valence-electron chi connectivity index (χ1n) is 8.88. The van der Waals surface area contributed by atoms with Crippen LogP contribution in [0, 0.1) is 6.92 Å². The monoisotopic (exact) mass is 358 g/mol. The number of aryl methyl sites for hydroxylation is 1. The summed E-state index contributed by atoms with van der Waals surface area (Å²) in [6.45, 7) is 3.83. The molecule has 0 aliphatic carbocycles. The van der Waals surface area contributed by atoms with Crippen molar-refractivity contribution in [3.63, 3.8) is 0 Å². The first-order valence-corrected chi connectivity index (χ1v) is 8.88. The van der Waals surface area contributed by atoms with Gasteiger partial charge in [-0.2, -0.15) is 15.3 Å². The van der Waals surface area contributed by atoms with Crippen LogP contribution in [0.2, 0.25) is 0 Å². The number of fused-ring (bicyclic) bond motifs is 1. The number of nitrogens with zero attached hydrogens (tertiary/aromatic N) is 5. The number of phenols is 1. The highest BCUT2D eigenvalue weighted by Gasteiger charge is 2.20. The summed E-state index contributed by atoms with van der Waals surface area (Å²) in [5, 5.41) is 26.9. The van der Waals surface area contributed by atoms with Crippen LogP contribution in [-0.2, 0) is 0 Å². The highest BCUT2D eigenvalue weighted by Crippen LogP contribution is 2.32. The minimum Gasteiger partial charge on any atom is -0.507 e. The molecule has 0 unspecified atom stereocenters. The van der Waals surface area contributed by atoms with Crippen molar-refractivity contribution in [2.24, 2.45) is 0 Å². The van der Waals surface area contributed by atoms with Crippen molar-refractivity contribution in [1.29, 1.82) is 0 Å². The number of aromatic hydroxyl groups is 1. The van der Waals surface area contributed by atoms with E-state index < -0.39 is 0 Å². The maximum Gasteiger partial charge on any atom is 0.153 e. The summed E-state index contributed by atoms with van der Waals surface area (Å²) in [7, 11) is 0. The molecule has 1 fully saturated rings. The van der Waals surface area contributed by atoms with E-state index in [2.05, 4.69) is 25.6 Å². The standard InChI is InChI=1S/C20H18N6O/c1-12-11-26-20(22-12)7-6-17(25-26)13-2-3-15(19(27)8-13)18-5-4-16(23-24-18)14-9-21-10-14/h2-8,11,14,21,27H,9-10H2,1H3. The Labute approximate surface area is 155 Å². The van der Waals surface area contributed by atoms with Crippen LogP contribution < -0.4 is 5.32 Å². The Morgan fingerprint density at radius 2 is 1.89 bits per heavy atom. The third-order valence-corrected chi connectivity index (χ3v) is 4.89. The second-order valence-electron chi connectivity index (χ2n) is 6.83. The van der Waals surface area contributed by atoms with Crippen molar-refractivity contribution in [1.82, 2.24) is 30.1 Å². The molecule has 134 valence electrons. The average molecular weight is 358 g/mol. The van der Waals surface area contributed by atoms with Crippen LogP contribution in [0.4, 0.5) is 0 Å². The summed E-state index contributed by atoms with van der Waals surface area (Å²) in [5.74, 6) is 0.596. The van der Waals surface area contributed by atoms with Crippen LogP contribution in [0.25, 0.3) is 28.2 Å². The van der Waals surface area contributed by atoms with E-state index in [-0.39, 0.29) is 5.75 Å². The van der Waals surface area contributed by atoms with Crippen LogP contribution in [0.3, 0.4) is 0 Å². The molecule has 0 saturated carbocycles. The summed E-state index contributed by atoms with van der Waals surface area (Å²) in [6.07, 6.45) is 1.88. The van der Waals surface area contributed by atoms with Crippen LogP contribution >= 0.6 is 0 Å². The minimum absolute atomic E-state index is 0.156. The van der Waals surface area contributed by atoms with Crippen molar-refractivity contribution < 1.29 is 5.11 Å². The van der Waals surface area contributed by atoms with Crippen molar-refractivity contribution in [2.75, 3.05) is 13.1 Å². The van der Waals surface area contributed by atoms with Gasteiger partial charge in [-0.05, 0) is 43.3 Å². The molecule has 3 aromatic heterocycles. The molecule has 7 heteroatoms. The summed E-state index contributed by atoms with van der Waals surface area (Å²) in [6, 6.07) is 13.2. The Bertz CT molecular complexity index is 1130. The van der Waals surface area contributed by atoms with E-state index in [9.17, 15) is 5.11 Å². The number of rotatable bonds is 3. The van der Waals surface area contributed by atoms with Gasteiger partial charge in [0.05, 0.1) is 29.0 Å². The lowest BCUT2D eigenvalue weighted by atomic mass is 9.98. The SMILES string of the molecule is Cc1cn2nc(-c3ccc(-c4ccc(C5CNC5)nn4)c(O)c3)ccc2n1. The minimum atomic E-state index is 0.156. The zero-order valence-electron chi connectivity index (χ0n) is 14.8. The Hall–Kier alpha value is -3.32. The van der Waals surface area contributed by atoms with Gasteiger partial charge < -0.3 is 10.4 Å². The molecule has 1 aliphatic heterocycles. The molecule has 27 heavy (non-hydrogen) atoms. The van der Waals surface area contributed by atoms with Crippen molar-refractivity contribution in [2.45, 2.75) is 12.8 Å². The predicted molar refractivity (Wildman–Crippen MR) is 101 cm³/mol. The number of benzene rings is 1. The maximum absolute atomic E-state index is 10.5. The molecule has 0 amide bonds. The van der Waals surface area contributed by atoms with Gasteiger partial charge in [0.1, 0.15) is 5.75 Å². The van der Waals surface area contributed by atoms with Crippen molar-refractivity contribution >= 4 is 5.65 Å². The third kappa shape index (κ3) is 2.82. The molecule has 7 nitrogen and oxygen atoms in total. The molecule has 1 aromatic carbocycles. The topological polar surface area (TPSA) is 88.2 Å². The normalized spacial score (nSPS) is 14.4. The van der Waals surface area contributed by atoms with E-state index >= 15 is 0 Å². The molecule has 0 bridgehead atoms. The van der Waals surface area contributed by atoms with E-state index in [4.69, 9.17) is 0 Å². The summed E-state index contributed by atoms with van der Waals surface area (Å²) in [4.78, 5) is 4.38. The van der Waals surface area contributed by atoms with Gasteiger partial charge in [0.2, 0.25) is 0 Å². The van der Waals surface area contributed by atoms with Crippen LogP contribution in [0.15, 0.2) is 48.7 Å². The molecule has 0 atom stereocenters. The molecule has 4 heterocycles. The zero-order chi connectivity index (χ0) is 18.4. The van der Waals surface area contributed by atoms with Crippen LogP contribution in [0.1, 0.15) is 17.3 Å². The third-order valence-electron chi connectivity index (χ3n) is 4.89. The van der Waals surface area contributed by atoms with Crippen molar-refractivity contribution in [3.8, 4) is 28.3 Å². The lowest BCUT2D eigenvalue weighted by molar-refractivity contribution is 0.436. The van der Waals surface area contributed by atoms with E-state index in [0.29, 0.717) is 17.2 Å². The first-order chi connectivity index (χ1) is 13.2. The van der Waals surface area contributed by atoms with E-state index in [1.807, 2.05) is 49.5 Å². The number of aromatic nitrogens is 5. The van der Waals surface area contributed by atoms with Gasteiger partial charge in [-0.25, -0.2) is 9.50 Å². The highest BCUT2D eigenvalue weighted by molar-refractivity contribution is 5.73. The molecule has 2 N–H and O–H groups in total. The largest absolute Gasteiger partial charge is 0.507 e. The number of nitrogens with one attached hydrogen (secondary N) is 1. The number of hydrogen-bond donors (Lipinski definition) is 2. The van der Waals surface area contributed by atoms with E-state index in [1.165, 1.54) is 0 Å². The van der Waals surface area contributed by atoms with Gasteiger partial charge in [0, 0.05) is 30.1 Å². The molecular weight excluding hydrogens is 340 g/mol. The molecule has 5 rings (SSSR count). The first kappa shape index (κ1) is 15.9. The second-order valence-corrected chi connectivity index (χ2v) is 6.83. The smallest absolute Gasteiger partial charge is 0.153 e. The van der Waals surface area contributed by atoms with Gasteiger partial charge in [0.25, 0.3) is 0 Å². The van der Waals surface area contributed by atoms with Crippen LogP contribution in [0.5, 0.6) is 5.75 Å². The summed E-state index contributed by atoms with van der Waals surface area (Å²) in [5.41, 5.74) is 5.61. The molecule has 4 aromatic rings. The van der Waals surface area contributed by atoms with Crippen molar-refractivity contribution in [3.05, 3.63) is 60.0 Å². The second kappa shape index (κ2) is 6.14. The molecular formula is C20H18N6O. The van der Waals surface area contributed by atoms with Gasteiger partial charge in [0.15, 0.2) is 5.65 Å². The molecule has 1 aliphatic rings.